The molecule has 5 nitrogen and oxygen atoms in total. The van der Waals surface area contributed by atoms with Gasteiger partial charge in [-0.25, -0.2) is 9.07 Å². The molecule has 0 fully saturated rings. The van der Waals surface area contributed by atoms with Gasteiger partial charge in [-0.05, 0) is 49.4 Å². The van der Waals surface area contributed by atoms with Crippen LogP contribution < -0.4 is 10.5 Å². The van der Waals surface area contributed by atoms with Crippen molar-refractivity contribution in [3.63, 3.8) is 0 Å². The number of para-hydroxylation sites is 1. The van der Waals surface area contributed by atoms with Gasteiger partial charge in [-0.3, -0.25) is 9.59 Å². The van der Waals surface area contributed by atoms with Gasteiger partial charge in [-0.1, -0.05) is 18.2 Å². The Morgan fingerprint density at radius 3 is 2.38 bits per heavy atom. The van der Waals surface area contributed by atoms with Crippen molar-refractivity contribution in [1.82, 2.24) is 9.78 Å². The lowest BCUT2D eigenvalue weighted by Crippen LogP contribution is -2.37. The molecular weight excluding hydrogens is 333 g/mol. The molecule has 1 amide bonds. The average molecular weight is 351 g/mol. The minimum Gasteiger partial charge on any atom is -0.311 e. The second-order valence-corrected chi connectivity index (χ2v) is 5.69. The van der Waals surface area contributed by atoms with Crippen LogP contribution in [0.1, 0.15) is 6.92 Å². The Labute approximate surface area is 150 Å². The predicted molar refractivity (Wildman–Crippen MR) is 98.4 cm³/mol. The number of carbonyl (C=O) groups excluding carboxylic acids is 1. The van der Waals surface area contributed by atoms with Gasteiger partial charge >= 0.3 is 0 Å². The summed E-state index contributed by atoms with van der Waals surface area (Å²) in [6, 6.07) is 18.0. The highest BCUT2D eigenvalue weighted by molar-refractivity contribution is 5.93. The molecule has 0 aliphatic heterocycles. The van der Waals surface area contributed by atoms with E-state index in [-0.39, 0.29) is 23.8 Å². The molecule has 6 heteroatoms. The molecule has 3 rings (SSSR count). The van der Waals surface area contributed by atoms with Crippen LogP contribution in [0.15, 0.2) is 71.5 Å². The van der Waals surface area contributed by atoms with Crippen molar-refractivity contribution in [2.75, 3.05) is 11.4 Å². The number of rotatable bonds is 5. The van der Waals surface area contributed by atoms with Gasteiger partial charge in [-0.15, -0.1) is 0 Å². The zero-order valence-electron chi connectivity index (χ0n) is 14.3. The number of hydrogen-bond acceptors (Lipinski definition) is 3. The van der Waals surface area contributed by atoms with Crippen molar-refractivity contribution in [3.8, 4) is 11.3 Å². The summed E-state index contributed by atoms with van der Waals surface area (Å²) in [4.78, 5) is 26.4. The minimum atomic E-state index is -0.367. The van der Waals surface area contributed by atoms with Crippen molar-refractivity contribution < 1.29 is 9.18 Å². The Balaban J connectivity index is 1.87. The summed E-state index contributed by atoms with van der Waals surface area (Å²) >= 11 is 0. The van der Waals surface area contributed by atoms with Crippen molar-refractivity contribution in [2.24, 2.45) is 0 Å². The van der Waals surface area contributed by atoms with Gasteiger partial charge in [0.25, 0.3) is 5.56 Å². The Morgan fingerprint density at radius 2 is 1.73 bits per heavy atom. The van der Waals surface area contributed by atoms with Gasteiger partial charge in [0.05, 0.1) is 5.69 Å². The van der Waals surface area contributed by atoms with Crippen LogP contribution >= 0.6 is 0 Å². The fraction of sp³-hybridized carbons (Fsp3) is 0.150. The highest BCUT2D eigenvalue weighted by Crippen LogP contribution is 2.16. The second-order valence-electron chi connectivity index (χ2n) is 5.69. The molecule has 0 bridgehead atoms. The molecule has 132 valence electrons. The number of likely N-dealkylation sites (N-methyl/N-ethyl adjacent to an activating group) is 1. The first-order valence-electron chi connectivity index (χ1n) is 8.28. The molecule has 0 spiro atoms. The Morgan fingerprint density at radius 1 is 1.04 bits per heavy atom. The van der Waals surface area contributed by atoms with Crippen LogP contribution in [0.5, 0.6) is 0 Å². The smallest absolute Gasteiger partial charge is 0.267 e. The number of nitrogens with zero attached hydrogens (tertiary/aromatic N) is 3. The highest BCUT2D eigenvalue weighted by Gasteiger charge is 2.16. The fourth-order valence-electron chi connectivity index (χ4n) is 2.66. The third kappa shape index (κ3) is 3.85. The van der Waals surface area contributed by atoms with E-state index in [1.54, 1.807) is 23.1 Å². The molecule has 26 heavy (non-hydrogen) atoms. The first-order valence-corrected chi connectivity index (χ1v) is 8.28. The van der Waals surface area contributed by atoms with Gasteiger partial charge in [0.1, 0.15) is 12.4 Å². The lowest BCUT2D eigenvalue weighted by molar-refractivity contribution is -0.119. The number of halogens is 1. The van der Waals surface area contributed by atoms with Gasteiger partial charge < -0.3 is 4.90 Å². The number of anilines is 1. The predicted octanol–water partition coefficient (Wildman–Crippen LogP) is 3.10. The third-order valence-electron chi connectivity index (χ3n) is 3.98. The van der Waals surface area contributed by atoms with E-state index in [9.17, 15) is 14.0 Å². The van der Waals surface area contributed by atoms with E-state index in [4.69, 9.17) is 0 Å². The summed E-state index contributed by atoms with van der Waals surface area (Å²) in [5.74, 6) is -0.580. The lowest BCUT2D eigenvalue weighted by atomic mass is 10.1. The van der Waals surface area contributed by atoms with E-state index in [0.717, 1.165) is 10.4 Å². The molecule has 3 aromatic rings. The number of aromatic nitrogens is 2. The normalized spacial score (nSPS) is 10.5. The third-order valence-corrected chi connectivity index (χ3v) is 3.98. The first kappa shape index (κ1) is 17.5. The number of benzene rings is 2. The molecule has 0 atom stereocenters. The van der Waals surface area contributed by atoms with Crippen molar-refractivity contribution >= 4 is 11.6 Å². The van der Waals surface area contributed by atoms with E-state index < -0.39 is 0 Å². The van der Waals surface area contributed by atoms with Crippen LogP contribution in [0.25, 0.3) is 11.3 Å². The largest absolute Gasteiger partial charge is 0.311 e. The van der Waals surface area contributed by atoms with Crippen molar-refractivity contribution in [1.29, 1.82) is 0 Å². The summed E-state index contributed by atoms with van der Waals surface area (Å²) < 4.78 is 14.2. The van der Waals surface area contributed by atoms with Crippen LogP contribution in [0.2, 0.25) is 0 Å². The summed E-state index contributed by atoms with van der Waals surface area (Å²) in [6.07, 6.45) is 0. The number of hydrogen-bond donors (Lipinski definition) is 0. The molecule has 0 saturated heterocycles. The van der Waals surface area contributed by atoms with Gasteiger partial charge in [0, 0.05) is 23.9 Å². The maximum Gasteiger partial charge on any atom is 0.267 e. The van der Waals surface area contributed by atoms with Crippen LogP contribution in [0, 0.1) is 5.82 Å². The maximum atomic E-state index is 13.1. The van der Waals surface area contributed by atoms with Gasteiger partial charge in [0.2, 0.25) is 5.91 Å². The maximum absolute atomic E-state index is 13.1. The van der Waals surface area contributed by atoms with Crippen LogP contribution in [0.4, 0.5) is 10.1 Å². The number of amides is 1. The monoisotopic (exact) mass is 351 g/mol. The Hall–Kier alpha value is -3.28. The summed E-state index contributed by atoms with van der Waals surface area (Å²) in [5, 5.41) is 4.26. The van der Waals surface area contributed by atoms with Crippen LogP contribution in [0.3, 0.4) is 0 Å². The zero-order chi connectivity index (χ0) is 18.5. The van der Waals surface area contributed by atoms with Crippen molar-refractivity contribution in [2.45, 2.75) is 13.5 Å². The molecule has 0 aliphatic carbocycles. The Kier molecular flexibility index (Phi) is 5.22. The zero-order valence-corrected chi connectivity index (χ0v) is 14.3. The molecule has 0 unspecified atom stereocenters. The molecule has 2 aromatic carbocycles. The molecule has 0 N–H and O–H groups in total. The standard InChI is InChI=1S/C20H18FN3O2/c1-2-23(17-6-4-3-5-7-17)20(26)14-24-19(25)13-12-18(22-24)15-8-10-16(21)11-9-15/h3-13H,2,14H2,1H3. The molecule has 0 saturated carbocycles. The summed E-state index contributed by atoms with van der Waals surface area (Å²) in [7, 11) is 0. The van der Waals surface area contributed by atoms with Crippen molar-refractivity contribution in [3.05, 3.63) is 82.9 Å². The SMILES string of the molecule is CCN(C(=O)Cn1nc(-c2ccc(F)cc2)ccc1=O)c1ccccc1. The molecule has 1 aromatic heterocycles. The molecule has 0 radical (unpaired) electrons. The molecule has 1 heterocycles. The average Bonchev–Trinajstić information content (AvgIpc) is 2.66. The lowest BCUT2D eigenvalue weighted by Gasteiger charge is -2.21. The van der Waals surface area contributed by atoms with E-state index in [1.807, 2.05) is 37.3 Å². The van der Waals surface area contributed by atoms with Crippen LogP contribution in [-0.4, -0.2) is 22.2 Å². The van der Waals surface area contributed by atoms with E-state index in [0.29, 0.717) is 17.8 Å². The molecule has 0 aliphatic rings. The van der Waals surface area contributed by atoms with E-state index in [2.05, 4.69) is 5.10 Å². The molecular formula is C20H18FN3O2. The van der Waals surface area contributed by atoms with E-state index >= 15 is 0 Å². The second kappa shape index (κ2) is 7.74. The summed E-state index contributed by atoms with van der Waals surface area (Å²) in [6.45, 7) is 2.18. The quantitative estimate of drug-likeness (QED) is 0.710. The van der Waals surface area contributed by atoms with Gasteiger partial charge in [-0.2, -0.15) is 5.10 Å². The first-order chi connectivity index (χ1) is 12.6. The highest BCUT2D eigenvalue weighted by atomic mass is 19.1. The number of carbonyl (C=O) groups is 1. The fourth-order valence-corrected chi connectivity index (χ4v) is 2.66. The van der Waals surface area contributed by atoms with Crippen LogP contribution in [-0.2, 0) is 11.3 Å². The topological polar surface area (TPSA) is 55.2 Å². The van der Waals surface area contributed by atoms with E-state index in [1.165, 1.54) is 18.2 Å². The summed E-state index contributed by atoms with van der Waals surface area (Å²) in [5.41, 5.74) is 1.57. The van der Waals surface area contributed by atoms with Gasteiger partial charge in [0.15, 0.2) is 0 Å². The minimum absolute atomic E-state index is 0.170. The Bertz CT molecular complexity index is 953.